The van der Waals surface area contributed by atoms with Gasteiger partial charge >= 0.3 is 0 Å². The van der Waals surface area contributed by atoms with E-state index in [-0.39, 0.29) is 4.75 Å². The van der Waals surface area contributed by atoms with Gasteiger partial charge in [-0.05, 0) is 49.3 Å². The third-order valence-electron chi connectivity index (χ3n) is 5.08. The van der Waals surface area contributed by atoms with Crippen molar-refractivity contribution in [2.45, 2.75) is 38.6 Å². The van der Waals surface area contributed by atoms with Crippen LogP contribution in [0.25, 0.3) is 11.1 Å². The number of nitrogens with one attached hydrogen (secondary N) is 2. The van der Waals surface area contributed by atoms with Gasteiger partial charge in [0.2, 0.25) is 0 Å². The van der Waals surface area contributed by atoms with E-state index < -0.39 is 0 Å². The summed E-state index contributed by atoms with van der Waals surface area (Å²) < 4.78 is 1.98. The Balaban J connectivity index is 1.73. The van der Waals surface area contributed by atoms with Crippen molar-refractivity contribution in [3.8, 4) is 11.1 Å². The summed E-state index contributed by atoms with van der Waals surface area (Å²) >= 11 is 1.85. The number of aromatic nitrogens is 3. The van der Waals surface area contributed by atoms with Crippen molar-refractivity contribution in [3.63, 3.8) is 0 Å². The van der Waals surface area contributed by atoms with Gasteiger partial charge in [0.05, 0.1) is 13.1 Å². The van der Waals surface area contributed by atoms with Gasteiger partial charge < -0.3 is 10.6 Å². The Morgan fingerprint density at radius 1 is 1.10 bits per heavy atom. The number of rotatable bonds is 9. The Kier molecular flexibility index (Phi) is 8.12. The van der Waals surface area contributed by atoms with Gasteiger partial charge in [0.1, 0.15) is 12.7 Å². The molecule has 0 saturated carbocycles. The summed E-state index contributed by atoms with van der Waals surface area (Å²) in [6.07, 6.45) is 5.43. The van der Waals surface area contributed by atoms with Crippen molar-refractivity contribution in [1.82, 2.24) is 25.4 Å². The van der Waals surface area contributed by atoms with E-state index in [0.717, 1.165) is 25.6 Å². The molecule has 3 aromatic rings. The predicted octanol–water partition coefficient (Wildman–Crippen LogP) is 4.19. The average Bonchev–Trinajstić information content (AvgIpc) is 3.29. The maximum Gasteiger partial charge on any atom is 0.191 e. The summed E-state index contributed by atoms with van der Waals surface area (Å²) in [5, 5.41) is 11.0. The molecule has 0 unspecified atom stereocenters. The molecule has 0 fully saturated rings. The van der Waals surface area contributed by atoms with E-state index in [0.29, 0.717) is 6.54 Å². The van der Waals surface area contributed by atoms with Gasteiger partial charge in [0.25, 0.3) is 0 Å². The van der Waals surface area contributed by atoms with Crippen molar-refractivity contribution < 1.29 is 0 Å². The summed E-state index contributed by atoms with van der Waals surface area (Å²) in [5.74, 6) is 0.850. The highest BCUT2D eigenvalue weighted by Gasteiger charge is 2.16. The number of aliphatic imine (C=N–C) groups is 1. The van der Waals surface area contributed by atoms with Crippen LogP contribution < -0.4 is 10.6 Å². The van der Waals surface area contributed by atoms with Crippen molar-refractivity contribution in [2.24, 2.45) is 4.99 Å². The number of guanidine groups is 1. The highest BCUT2D eigenvalue weighted by atomic mass is 32.2. The molecule has 0 bridgehead atoms. The quantitative estimate of drug-likeness (QED) is 0.389. The highest BCUT2D eigenvalue weighted by molar-refractivity contribution is 7.99. The lowest BCUT2D eigenvalue weighted by molar-refractivity contribution is 0.665. The average molecular weight is 437 g/mol. The van der Waals surface area contributed by atoms with Crippen LogP contribution in [0.15, 0.2) is 66.2 Å². The lowest BCUT2D eigenvalue weighted by Gasteiger charge is -2.23. The van der Waals surface area contributed by atoms with E-state index in [1.54, 1.807) is 12.7 Å². The third-order valence-corrected chi connectivity index (χ3v) is 6.33. The fourth-order valence-corrected chi connectivity index (χ4v) is 3.32. The van der Waals surface area contributed by atoms with Crippen LogP contribution in [0.2, 0.25) is 0 Å². The minimum absolute atomic E-state index is 0.155. The zero-order valence-electron chi connectivity index (χ0n) is 18.8. The van der Waals surface area contributed by atoms with Crippen LogP contribution in [-0.2, 0) is 13.1 Å². The lowest BCUT2D eigenvalue weighted by atomic mass is 9.98. The van der Waals surface area contributed by atoms with Crippen LogP contribution in [0.5, 0.6) is 0 Å². The molecule has 6 nitrogen and oxygen atoms in total. The standard InChI is InChI=1S/C24H32N6S/c1-5-26-23(28-16-24(2,3)31-4)27-14-21-8-6-7-9-22(21)20-12-10-19(11-13-20)15-30-18-25-17-29-30/h6-13,17-18H,5,14-16H2,1-4H3,(H2,26,27,28). The summed E-state index contributed by atoms with van der Waals surface area (Å²) in [6.45, 7) is 9.58. The molecule has 31 heavy (non-hydrogen) atoms. The minimum atomic E-state index is 0.155. The Morgan fingerprint density at radius 3 is 2.55 bits per heavy atom. The monoisotopic (exact) mass is 436 g/mol. The molecule has 7 heteroatoms. The normalized spacial score (nSPS) is 12.1. The maximum atomic E-state index is 4.84. The second kappa shape index (κ2) is 11.0. The molecule has 0 atom stereocenters. The fourth-order valence-electron chi connectivity index (χ4n) is 3.11. The van der Waals surface area contributed by atoms with Gasteiger partial charge in [-0.3, -0.25) is 0 Å². The second-order valence-electron chi connectivity index (χ2n) is 7.96. The molecule has 0 saturated heterocycles. The second-order valence-corrected chi connectivity index (χ2v) is 9.47. The van der Waals surface area contributed by atoms with Gasteiger partial charge in [-0.25, -0.2) is 14.7 Å². The predicted molar refractivity (Wildman–Crippen MR) is 131 cm³/mol. The summed E-state index contributed by atoms with van der Waals surface area (Å²) in [5.41, 5.74) is 4.79. The summed E-state index contributed by atoms with van der Waals surface area (Å²) in [4.78, 5) is 8.84. The topological polar surface area (TPSA) is 67.1 Å². The van der Waals surface area contributed by atoms with Gasteiger partial charge in [0, 0.05) is 17.8 Å². The zero-order valence-corrected chi connectivity index (χ0v) is 19.6. The molecule has 0 aliphatic rings. The van der Waals surface area contributed by atoms with E-state index in [9.17, 15) is 0 Å². The maximum absolute atomic E-state index is 4.84. The van der Waals surface area contributed by atoms with Crippen molar-refractivity contribution in [3.05, 3.63) is 72.3 Å². The van der Waals surface area contributed by atoms with E-state index in [1.165, 1.54) is 22.3 Å². The van der Waals surface area contributed by atoms with Crippen molar-refractivity contribution in [2.75, 3.05) is 19.3 Å². The van der Waals surface area contributed by atoms with Crippen LogP contribution in [0.1, 0.15) is 31.9 Å². The van der Waals surface area contributed by atoms with Crippen LogP contribution in [0, 0.1) is 0 Å². The summed E-state index contributed by atoms with van der Waals surface area (Å²) in [7, 11) is 0. The van der Waals surface area contributed by atoms with Gasteiger partial charge in [-0.2, -0.15) is 16.9 Å². The van der Waals surface area contributed by atoms with Crippen LogP contribution in [0.4, 0.5) is 0 Å². The highest BCUT2D eigenvalue weighted by Crippen LogP contribution is 2.25. The SMILES string of the molecule is CCNC(=NCc1ccccc1-c1ccc(Cn2cncn2)cc1)NCC(C)(C)SC. The molecule has 0 amide bonds. The minimum Gasteiger partial charge on any atom is -0.357 e. The molecule has 2 N–H and O–H groups in total. The Morgan fingerprint density at radius 2 is 1.87 bits per heavy atom. The van der Waals surface area contributed by atoms with Crippen molar-refractivity contribution in [1.29, 1.82) is 0 Å². The first-order valence-electron chi connectivity index (χ1n) is 10.6. The molecule has 164 valence electrons. The Labute approximate surface area is 189 Å². The fraction of sp³-hybridized carbons (Fsp3) is 0.375. The third kappa shape index (κ3) is 6.85. The van der Waals surface area contributed by atoms with E-state index >= 15 is 0 Å². The van der Waals surface area contributed by atoms with Crippen LogP contribution >= 0.6 is 11.8 Å². The van der Waals surface area contributed by atoms with Crippen molar-refractivity contribution >= 4 is 17.7 Å². The lowest BCUT2D eigenvalue weighted by Crippen LogP contribution is -2.43. The van der Waals surface area contributed by atoms with Crippen LogP contribution in [0.3, 0.4) is 0 Å². The van der Waals surface area contributed by atoms with Gasteiger partial charge in [-0.15, -0.1) is 0 Å². The molecule has 0 aliphatic carbocycles. The molecular formula is C24H32N6S. The first-order valence-corrected chi connectivity index (χ1v) is 11.8. The number of hydrogen-bond donors (Lipinski definition) is 2. The molecule has 0 radical (unpaired) electrons. The number of nitrogens with zero attached hydrogens (tertiary/aromatic N) is 4. The van der Waals surface area contributed by atoms with E-state index in [1.807, 2.05) is 16.4 Å². The molecule has 3 rings (SSSR count). The van der Waals surface area contributed by atoms with E-state index in [4.69, 9.17) is 4.99 Å². The molecule has 1 aromatic heterocycles. The zero-order chi connectivity index (χ0) is 22.1. The Hall–Kier alpha value is -2.80. The van der Waals surface area contributed by atoms with E-state index in [2.05, 4.69) is 96.3 Å². The molecule has 0 spiro atoms. The first kappa shape index (κ1) is 22.9. The number of thioether (sulfide) groups is 1. The smallest absolute Gasteiger partial charge is 0.191 e. The molecule has 1 heterocycles. The molecular weight excluding hydrogens is 404 g/mol. The van der Waals surface area contributed by atoms with Gasteiger partial charge in [-0.1, -0.05) is 48.5 Å². The number of hydrogen-bond acceptors (Lipinski definition) is 4. The molecule has 0 aliphatic heterocycles. The Bertz CT molecular complexity index is 964. The van der Waals surface area contributed by atoms with Crippen LogP contribution in [-0.4, -0.2) is 44.8 Å². The summed E-state index contributed by atoms with van der Waals surface area (Å²) in [6, 6.07) is 17.1. The molecule has 2 aromatic carbocycles. The van der Waals surface area contributed by atoms with Gasteiger partial charge in [0.15, 0.2) is 5.96 Å². The number of benzene rings is 2. The largest absolute Gasteiger partial charge is 0.357 e. The first-order chi connectivity index (χ1) is 15.0.